The fourth-order valence-corrected chi connectivity index (χ4v) is 3.43. The maximum absolute atomic E-state index is 12.0. The van der Waals surface area contributed by atoms with Gasteiger partial charge in [0.15, 0.2) is 0 Å². The second kappa shape index (κ2) is 7.12. The minimum atomic E-state index is -2.45. The van der Waals surface area contributed by atoms with Crippen molar-refractivity contribution in [3.63, 3.8) is 0 Å². The Morgan fingerprint density at radius 2 is 1.48 bits per heavy atom. The van der Waals surface area contributed by atoms with Gasteiger partial charge in [0, 0.05) is 16.8 Å². The monoisotopic (exact) mass is 385 g/mol. The number of carboxylic acid groups (broad SMARTS) is 2. The molecule has 1 amide bonds. The highest BCUT2D eigenvalue weighted by atomic mass is 79.9. The summed E-state index contributed by atoms with van der Waals surface area (Å²) in [6.45, 7) is 4.54. The van der Waals surface area contributed by atoms with Gasteiger partial charge in [-0.3, -0.25) is 4.79 Å². The third kappa shape index (κ3) is 3.10. The molecule has 0 saturated carbocycles. The van der Waals surface area contributed by atoms with Gasteiger partial charge >= 0.3 is 11.9 Å². The molecular weight excluding hydrogens is 366 g/mol. The molecule has 0 bridgehead atoms. The van der Waals surface area contributed by atoms with Crippen LogP contribution in [0.3, 0.4) is 0 Å². The number of amides is 1. The average molecular weight is 386 g/mol. The van der Waals surface area contributed by atoms with Crippen LogP contribution in [0.5, 0.6) is 0 Å². The molecule has 1 rings (SSSR count). The Bertz CT molecular complexity index is 593. The third-order valence-electron chi connectivity index (χ3n) is 4.33. The molecule has 0 unspecified atom stereocenters. The summed E-state index contributed by atoms with van der Waals surface area (Å²) in [6, 6.07) is 6.80. The molecule has 0 atom stereocenters. The van der Waals surface area contributed by atoms with Crippen LogP contribution < -0.4 is 5.32 Å². The first-order valence-electron chi connectivity index (χ1n) is 7.19. The third-order valence-corrected chi connectivity index (χ3v) is 4.86. The van der Waals surface area contributed by atoms with Gasteiger partial charge in [0.05, 0.1) is 0 Å². The number of aliphatic carboxylic acids is 2. The summed E-state index contributed by atoms with van der Waals surface area (Å²) in [7, 11) is 0. The van der Waals surface area contributed by atoms with Crippen molar-refractivity contribution in [1.29, 1.82) is 0 Å². The molecule has 3 N–H and O–H groups in total. The Morgan fingerprint density at radius 1 is 1.04 bits per heavy atom. The Balaban J connectivity index is 3.77. The van der Waals surface area contributed by atoms with Crippen molar-refractivity contribution in [2.24, 2.45) is 0 Å². The van der Waals surface area contributed by atoms with Crippen molar-refractivity contribution in [3.8, 4) is 0 Å². The molecule has 0 aromatic heterocycles. The van der Waals surface area contributed by atoms with Crippen molar-refractivity contribution in [3.05, 3.63) is 34.3 Å². The van der Waals surface area contributed by atoms with Crippen molar-refractivity contribution < 1.29 is 24.6 Å². The minimum Gasteiger partial charge on any atom is -0.479 e. The molecule has 126 valence electrons. The summed E-state index contributed by atoms with van der Waals surface area (Å²) < 4.78 is 0.790. The smallest absolute Gasteiger partial charge is 0.342 e. The topological polar surface area (TPSA) is 104 Å². The number of nitrogens with one attached hydrogen (secondary N) is 1. The predicted octanol–water partition coefficient (Wildman–Crippen LogP) is 2.55. The zero-order valence-corrected chi connectivity index (χ0v) is 14.8. The summed E-state index contributed by atoms with van der Waals surface area (Å²) in [4.78, 5) is 35.6. The quantitative estimate of drug-likeness (QED) is 0.625. The molecule has 0 aliphatic heterocycles. The van der Waals surface area contributed by atoms with Gasteiger partial charge < -0.3 is 15.5 Å². The molecule has 0 fully saturated rings. The van der Waals surface area contributed by atoms with Gasteiger partial charge in [0.1, 0.15) is 0 Å². The van der Waals surface area contributed by atoms with Crippen LogP contribution in [-0.4, -0.2) is 33.6 Å². The zero-order valence-electron chi connectivity index (χ0n) is 13.2. The Morgan fingerprint density at radius 3 is 1.78 bits per heavy atom. The van der Waals surface area contributed by atoms with Crippen molar-refractivity contribution >= 4 is 33.8 Å². The number of carboxylic acids is 2. The molecule has 1 aromatic rings. The molecule has 1 aromatic carbocycles. The van der Waals surface area contributed by atoms with Crippen molar-refractivity contribution in [1.82, 2.24) is 5.32 Å². The minimum absolute atomic E-state index is 0.226. The van der Waals surface area contributed by atoms with E-state index < -0.39 is 28.8 Å². The van der Waals surface area contributed by atoms with Crippen molar-refractivity contribution in [2.75, 3.05) is 0 Å². The standard InChI is InChI=1S/C16H20BrNO5/c1-4-15(5-2,11-6-8-12(17)9-7-11)16(13(20)21,14(22)23)18-10(3)19/h6-9H,4-5H2,1-3H3,(H,18,19)(H,20,21)(H,22,23). The van der Waals surface area contributed by atoms with E-state index in [4.69, 9.17) is 0 Å². The Hall–Kier alpha value is -1.89. The molecule has 6 nitrogen and oxygen atoms in total. The summed E-state index contributed by atoms with van der Waals surface area (Å²) in [5.41, 5.74) is -3.20. The van der Waals surface area contributed by atoms with E-state index in [0.29, 0.717) is 5.56 Å². The first kappa shape index (κ1) is 19.2. The Kier molecular flexibility index (Phi) is 5.93. The second-order valence-electron chi connectivity index (χ2n) is 5.34. The van der Waals surface area contributed by atoms with E-state index in [0.717, 1.165) is 11.4 Å². The van der Waals surface area contributed by atoms with Gasteiger partial charge in [-0.05, 0) is 30.5 Å². The predicted molar refractivity (Wildman–Crippen MR) is 88.2 cm³/mol. The van der Waals surface area contributed by atoms with Crippen LogP contribution in [0.15, 0.2) is 28.7 Å². The van der Waals surface area contributed by atoms with E-state index in [1.54, 1.807) is 38.1 Å². The molecular formula is C16H20BrNO5. The SMILES string of the molecule is CCC(CC)(c1ccc(Br)cc1)C(NC(C)=O)(C(=O)O)C(=O)O. The molecule has 0 spiro atoms. The van der Waals surface area contributed by atoms with E-state index in [9.17, 15) is 24.6 Å². The number of carbonyl (C=O) groups excluding carboxylic acids is 1. The lowest BCUT2D eigenvalue weighted by atomic mass is 9.61. The van der Waals surface area contributed by atoms with E-state index >= 15 is 0 Å². The molecule has 0 radical (unpaired) electrons. The molecule has 0 aliphatic rings. The van der Waals surface area contributed by atoms with Gasteiger partial charge in [-0.1, -0.05) is 41.9 Å². The zero-order chi connectivity index (χ0) is 17.8. The fourth-order valence-electron chi connectivity index (χ4n) is 3.17. The first-order chi connectivity index (χ1) is 10.7. The van der Waals surface area contributed by atoms with E-state index in [-0.39, 0.29) is 12.8 Å². The summed E-state index contributed by atoms with van der Waals surface area (Å²) in [6.07, 6.45) is 0.452. The number of benzene rings is 1. The van der Waals surface area contributed by atoms with Crippen LogP contribution in [0.4, 0.5) is 0 Å². The summed E-state index contributed by atoms with van der Waals surface area (Å²) in [5.74, 6) is -3.89. The van der Waals surface area contributed by atoms with Crippen LogP contribution >= 0.6 is 15.9 Å². The number of carbonyl (C=O) groups is 3. The summed E-state index contributed by atoms with van der Waals surface area (Å²) in [5, 5.41) is 21.7. The first-order valence-corrected chi connectivity index (χ1v) is 7.98. The fraction of sp³-hybridized carbons (Fsp3) is 0.438. The van der Waals surface area contributed by atoms with Crippen LogP contribution in [0, 0.1) is 0 Å². The van der Waals surface area contributed by atoms with Crippen LogP contribution in [0.2, 0.25) is 0 Å². The normalized spacial score (nSPS) is 11.8. The maximum Gasteiger partial charge on any atom is 0.342 e. The lowest BCUT2D eigenvalue weighted by molar-refractivity contribution is -0.166. The lowest BCUT2D eigenvalue weighted by Gasteiger charge is -2.45. The van der Waals surface area contributed by atoms with Crippen LogP contribution in [0.25, 0.3) is 0 Å². The van der Waals surface area contributed by atoms with E-state index in [1.807, 2.05) is 0 Å². The average Bonchev–Trinajstić information content (AvgIpc) is 2.48. The Labute approximate surface area is 143 Å². The van der Waals surface area contributed by atoms with Crippen molar-refractivity contribution in [2.45, 2.75) is 44.6 Å². The van der Waals surface area contributed by atoms with Gasteiger partial charge in [-0.2, -0.15) is 0 Å². The molecule has 7 heteroatoms. The molecule has 0 aliphatic carbocycles. The van der Waals surface area contributed by atoms with Crippen LogP contribution in [-0.2, 0) is 19.8 Å². The number of rotatable bonds is 7. The van der Waals surface area contributed by atoms with Gasteiger partial charge in [-0.15, -0.1) is 0 Å². The molecule has 23 heavy (non-hydrogen) atoms. The lowest BCUT2D eigenvalue weighted by Crippen LogP contribution is -2.71. The highest BCUT2D eigenvalue weighted by Crippen LogP contribution is 2.43. The van der Waals surface area contributed by atoms with Gasteiger partial charge in [0.2, 0.25) is 11.4 Å². The van der Waals surface area contributed by atoms with Gasteiger partial charge in [0.25, 0.3) is 0 Å². The number of hydrogen-bond donors (Lipinski definition) is 3. The largest absolute Gasteiger partial charge is 0.479 e. The maximum atomic E-state index is 12.0. The highest BCUT2D eigenvalue weighted by molar-refractivity contribution is 9.10. The van der Waals surface area contributed by atoms with E-state index in [1.165, 1.54) is 0 Å². The highest BCUT2D eigenvalue weighted by Gasteiger charge is 2.62. The molecule has 0 heterocycles. The van der Waals surface area contributed by atoms with Gasteiger partial charge in [-0.25, -0.2) is 9.59 Å². The van der Waals surface area contributed by atoms with E-state index in [2.05, 4.69) is 21.2 Å². The molecule has 0 saturated heterocycles. The number of halogens is 1. The number of hydrogen-bond acceptors (Lipinski definition) is 3. The second-order valence-corrected chi connectivity index (χ2v) is 6.25. The van der Waals surface area contributed by atoms with Crippen LogP contribution in [0.1, 0.15) is 39.2 Å². The summed E-state index contributed by atoms with van der Waals surface area (Å²) >= 11 is 3.30.